The number of hydrogen-bond acceptors (Lipinski definition) is 5. The lowest BCUT2D eigenvalue weighted by Crippen LogP contribution is -2.24. The highest BCUT2D eigenvalue weighted by Crippen LogP contribution is 2.20. The van der Waals surface area contributed by atoms with Crippen LogP contribution in [0, 0.1) is 17.0 Å². The molecule has 2 heterocycles. The Morgan fingerprint density at radius 1 is 1.19 bits per heavy atom. The zero-order valence-corrected chi connectivity index (χ0v) is 15.5. The first-order valence-electron chi connectivity index (χ1n) is 9.32. The first-order chi connectivity index (χ1) is 13.0. The van der Waals surface area contributed by atoms with Gasteiger partial charge in [0.05, 0.1) is 4.92 Å². The van der Waals surface area contributed by atoms with Gasteiger partial charge in [-0.25, -0.2) is 0 Å². The van der Waals surface area contributed by atoms with E-state index in [-0.39, 0.29) is 17.1 Å². The summed E-state index contributed by atoms with van der Waals surface area (Å²) in [7, 11) is 0. The topological polar surface area (TPSA) is 104 Å². The number of rotatable bonds is 6. The third-order valence-electron chi connectivity index (χ3n) is 4.89. The number of likely N-dealkylation sites (tertiary alicyclic amines) is 1. The molecule has 0 aliphatic carbocycles. The van der Waals surface area contributed by atoms with E-state index < -0.39 is 10.8 Å². The molecule has 2 N–H and O–H groups in total. The number of aryl methyl sites for hydroxylation is 1. The Morgan fingerprint density at radius 2 is 1.81 bits per heavy atom. The van der Waals surface area contributed by atoms with Crippen LogP contribution in [-0.2, 0) is 13.1 Å². The quantitative estimate of drug-likeness (QED) is 0.600. The van der Waals surface area contributed by atoms with Crippen LogP contribution >= 0.6 is 0 Å². The Labute approximate surface area is 158 Å². The van der Waals surface area contributed by atoms with Crippen LogP contribution in [0.25, 0.3) is 0 Å². The van der Waals surface area contributed by atoms with Gasteiger partial charge in [-0.15, -0.1) is 0 Å². The van der Waals surface area contributed by atoms with Crippen LogP contribution in [0.3, 0.4) is 0 Å². The fourth-order valence-electron chi connectivity index (χ4n) is 3.39. The Bertz CT molecular complexity index is 792. The van der Waals surface area contributed by atoms with Crippen LogP contribution in [0.1, 0.15) is 53.0 Å². The van der Waals surface area contributed by atoms with E-state index >= 15 is 0 Å². The number of carbonyl (C=O) groups is 1. The molecule has 27 heavy (non-hydrogen) atoms. The monoisotopic (exact) mass is 371 g/mol. The van der Waals surface area contributed by atoms with E-state index in [4.69, 9.17) is 0 Å². The molecule has 0 radical (unpaired) electrons. The summed E-state index contributed by atoms with van der Waals surface area (Å²) in [5.74, 6) is -0.556. The van der Waals surface area contributed by atoms with Crippen molar-refractivity contribution in [1.29, 1.82) is 0 Å². The standard InChI is InChI=1S/C19H25N5O3/c1-14-18(24(26)27)17(22-21-14)19(25)20-12-15-6-8-16(9-7-15)13-23-10-4-2-3-5-11-23/h6-9H,2-5,10-13H2,1H3,(H,20,25)(H,21,22). The Kier molecular flexibility index (Phi) is 6.18. The molecule has 1 saturated heterocycles. The Morgan fingerprint density at radius 3 is 2.44 bits per heavy atom. The van der Waals surface area contributed by atoms with Gasteiger partial charge in [-0.1, -0.05) is 37.1 Å². The Hall–Kier alpha value is -2.74. The normalized spacial score (nSPS) is 15.3. The first-order valence-corrected chi connectivity index (χ1v) is 9.32. The van der Waals surface area contributed by atoms with Gasteiger partial charge in [0, 0.05) is 13.1 Å². The number of H-pyrrole nitrogens is 1. The van der Waals surface area contributed by atoms with E-state index in [1.54, 1.807) is 0 Å². The zero-order chi connectivity index (χ0) is 19.2. The largest absolute Gasteiger partial charge is 0.346 e. The summed E-state index contributed by atoms with van der Waals surface area (Å²) in [5.41, 5.74) is 2.00. The molecule has 1 fully saturated rings. The summed E-state index contributed by atoms with van der Waals surface area (Å²) >= 11 is 0. The summed E-state index contributed by atoms with van der Waals surface area (Å²) in [6.07, 6.45) is 5.18. The molecule has 1 aliphatic rings. The molecule has 1 aromatic carbocycles. The average molecular weight is 371 g/mol. The molecule has 3 rings (SSSR count). The summed E-state index contributed by atoms with van der Waals surface area (Å²) in [6.45, 7) is 5.07. The van der Waals surface area contributed by atoms with Gasteiger partial charge < -0.3 is 5.32 Å². The van der Waals surface area contributed by atoms with Gasteiger partial charge in [0.2, 0.25) is 5.69 Å². The van der Waals surface area contributed by atoms with Crippen molar-refractivity contribution in [3.8, 4) is 0 Å². The van der Waals surface area contributed by atoms with Gasteiger partial charge in [-0.05, 0) is 44.0 Å². The maximum atomic E-state index is 12.2. The van der Waals surface area contributed by atoms with Gasteiger partial charge in [0.1, 0.15) is 5.69 Å². The zero-order valence-electron chi connectivity index (χ0n) is 15.5. The second-order valence-corrected chi connectivity index (χ2v) is 6.99. The second-order valence-electron chi connectivity index (χ2n) is 6.99. The lowest BCUT2D eigenvalue weighted by Gasteiger charge is -2.19. The highest BCUT2D eigenvalue weighted by Gasteiger charge is 2.26. The lowest BCUT2D eigenvalue weighted by atomic mass is 10.1. The molecule has 0 saturated carbocycles. The number of aromatic amines is 1. The summed E-state index contributed by atoms with van der Waals surface area (Å²) in [6, 6.07) is 8.12. The minimum Gasteiger partial charge on any atom is -0.346 e. The number of hydrogen-bond donors (Lipinski definition) is 2. The van der Waals surface area contributed by atoms with Crippen LogP contribution in [0.5, 0.6) is 0 Å². The number of aromatic nitrogens is 2. The van der Waals surface area contributed by atoms with E-state index in [0.29, 0.717) is 6.54 Å². The molecule has 2 aromatic rings. The summed E-state index contributed by atoms with van der Waals surface area (Å²) in [5, 5.41) is 20.0. The number of amides is 1. The van der Waals surface area contributed by atoms with E-state index in [9.17, 15) is 14.9 Å². The fourth-order valence-corrected chi connectivity index (χ4v) is 3.39. The molecule has 1 aromatic heterocycles. The van der Waals surface area contributed by atoms with Gasteiger partial charge in [-0.2, -0.15) is 5.10 Å². The molecule has 0 atom stereocenters. The number of benzene rings is 1. The number of carbonyl (C=O) groups excluding carboxylic acids is 1. The summed E-state index contributed by atoms with van der Waals surface area (Å²) < 4.78 is 0. The maximum absolute atomic E-state index is 12.2. The molecule has 1 aliphatic heterocycles. The molecule has 8 heteroatoms. The van der Waals surface area contributed by atoms with Crippen molar-refractivity contribution in [2.24, 2.45) is 0 Å². The molecule has 0 unspecified atom stereocenters. The average Bonchev–Trinajstić information content (AvgIpc) is 2.87. The SMILES string of the molecule is Cc1[nH]nc(C(=O)NCc2ccc(CN3CCCCCC3)cc2)c1[N+](=O)[O-]. The van der Waals surface area contributed by atoms with Gasteiger partial charge in [0.25, 0.3) is 5.91 Å². The third kappa shape index (κ3) is 4.91. The van der Waals surface area contributed by atoms with Crippen molar-refractivity contribution in [3.63, 3.8) is 0 Å². The minimum atomic E-state index is -0.592. The summed E-state index contributed by atoms with van der Waals surface area (Å²) in [4.78, 5) is 25.2. The maximum Gasteiger partial charge on any atom is 0.322 e. The van der Waals surface area contributed by atoms with Crippen LogP contribution in [0.4, 0.5) is 5.69 Å². The molecular weight excluding hydrogens is 346 g/mol. The number of nitro groups is 1. The van der Waals surface area contributed by atoms with Crippen molar-refractivity contribution in [2.45, 2.75) is 45.7 Å². The highest BCUT2D eigenvalue weighted by molar-refractivity contribution is 5.96. The van der Waals surface area contributed by atoms with Gasteiger partial charge in [-0.3, -0.25) is 24.9 Å². The fraction of sp³-hybridized carbons (Fsp3) is 0.474. The van der Waals surface area contributed by atoms with E-state index in [0.717, 1.165) is 25.2 Å². The minimum absolute atomic E-state index is 0.185. The highest BCUT2D eigenvalue weighted by atomic mass is 16.6. The third-order valence-corrected chi connectivity index (χ3v) is 4.89. The molecule has 144 valence electrons. The molecule has 0 spiro atoms. The van der Waals surface area contributed by atoms with Crippen LogP contribution < -0.4 is 5.32 Å². The molecule has 0 bridgehead atoms. The van der Waals surface area contributed by atoms with E-state index in [1.165, 1.54) is 38.2 Å². The molecular formula is C19H25N5O3. The van der Waals surface area contributed by atoms with E-state index in [1.807, 2.05) is 12.1 Å². The van der Waals surface area contributed by atoms with Crippen molar-refractivity contribution in [1.82, 2.24) is 20.4 Å². The van der Waals surface area contributed by atoms with E-state index in [2.05, 4.69) is 32.5 Å². The number of nitrogens with one attached hydrogen (secondary N) is 2. The lowest BCUT2D eigenvalue weighted by molar-refractivity contribution is -0.385. The van der Waals surface area contributed by atoms with Crippen molar-refractivity contribution in [2.75, 3.05) is 13.1 Å². The number of nitrogens with zero attached hydrogens (tertiary/aromatic N) is 3. The molecule has 8 nitrogen and oxygen atoms in total. The van der Waals surface area contributed by atoms with Crippen molar-refractivity contribution < 1.29 is 9.72 Å². The second kappa shape index (κ2) is 8.77. The predicted molar refractivity (Wildman–Crippen MR) is 101 cm³/mol. The van der Waals surface area contributed by atoms with Gasteiger partial charge in [0.15, 0.2) is 0 Å². The van der Waals surface area contributed by atoms with Crippen LogP contribution in [0.15, 0.2) is 24.3 Å². The van der Waals surface area contributed by atoms with Crippen LogP contribution in [-0.4, -0.2) is 39.0 Å². The first kappa shape index (κ1) is 19.0. The van der Waals surface area contributed by atoms with Crippen molar-refractivity contribution in [3.05, 3.63) is 56.9 Å². The predicted octanol–water partition coefficient (Wildman–Crippen LogP) is 2.93. The van der Waals surface area contributed by atoms with Crippen LogP contribution in [0.2, 0.25) is 0 Å². The van der Waals surface area contributed by atoms with Gasteiger partial charge >= 0.3 is 5.69 Å². The smallest absolute Gasteiger partial charge is 0.322 e. The molecule has 1 amide bonds. The van der Waals surface area contributed by atoms with Crippen molar-refractivity contribution >= 4 is 11.6 Å². The Balaban J connectivity index is 1.55.